The zero-order valence-corrected chi connectivity index (χ0v) is 15.8. The Balaban J connectivity index is 1.93. The summed E-state index contributed by atoms with van der Waals surface area (Å²) in [6.45, 7) is 5.44. The van der Waals surface area contributed by atoms with Gasteiger partial charge >= 0.3 is 5.97 Å². The normalized spacial score (nSPS) is 11.5. The molecule has 5 nitrogen and oxygen atoms in total. The van der Waals surface area contributed by atoms with Crippen molar-refractivity contribution < 1.29 is 19.1 Å². The fourth-order valence-corrected chi connectivity index (χ4v) is 2.30. The molecular weight excluding hydrogens is 354 g/mol. The quantitative estimate of drug-likeness (QED) is 0.717. The minimum absolute atomic E-state index is 0.132. The lowest BCUT2D eigenvalue weighted by Gasteiger charge is -2.12. The van der Waals surface area contributed by atoms with Gasteiger partial charge in [-0.1, -0.05) is 24.6 Å². The van der Waals surface area contributed by atoms with Gasteiger partial charge in [-0.3, -0.25) is 4.79 Å². The summed E-state index contributed by atoms with van der Waals surface area (Å²) in [6, 6.07) is 11.9. The van der Waals surface area contributed by atoms with Crippen molar-refractivity contribution in [3.63, 3.8) is 0 Å². The molecule has 0 saturated heterocycles. The van der Waals surface area contributed by atoms with E-state index in [0.717, 1.165) is 12.0 Å². The van der Waals surface area contributed by atoms with Gasteiger partial charge in [-0.25, -0.2) is 4.79 Å². The summed E-state index contributed by atoms with van der Waals surface area (Å²) in [7, 11) is 0. The zero-order valence-electron chi connectivity index (χ0n) is 15.0. The second kappa shape index (κ2) is 9.25. The first-order valence-electron chi connectivity index (χ1n) is 8.39. The number of rotatable bonds is 7. The lowest BCUT2D eigenvalue weighted by molar-refractivity contribution is -0.150. The van der Waals surface area contributed by atoms with E-state index in [1.807, 2.05) is 20.8 Å². The van der Waals surface area contributed by atoms with Crippen LogP contribution in [-0.4, -0.2) is 24.6 Å². The molecule has 0 aliphatic carbocycles. The van der Waals surface area contributed by atoms with Gasteiger partial charge in [-0.2, -0.15) is 0 Å². The Morgan fingerprint density at radius 3 is 2.50 bits per heavy atom. The third-order valence-corrected chi connectivity index (χ3v) is 4.31. The van der Waals surface area contributed by atoms with Gasteiger partial charge in [0.2, 0.25) is 0 Å². The minimum atomic E-state index is -0.419. The first-order valence-corrected chi connectivity index (χ1v) is 8.77. The summed E-state index contributed by atoms with van der Waals surface area (Å²) >= 11 is 6.06. The van der Waals surface area contributed by atoms with E-state index in [0.29, 0.717) is 22.0 Å². The summed E-state index contributed by atoms with van der Waals surface area (Å²) < 4.78 is 10.5. The van der Waals surface area contributed by atoms with Gasteiger partial charge in [-0.15, -0.1) is 0 Å². The van der Waals surface area contributed by atoms with E-state index in [9.17, 15) is 9.59 Å². The fourth-order valence-electron chi connectivity index (χ4n) is 2.12. The van der Waals surface area contributed by atoms with Gasteiger partial charge in [0.25, 0.3) is 5.91 Å². The molecule has 1 amide bonds. The maximum Gasteiger partial charge on any atom is 0.344 e. The highest BCUT2D eigenvalue weighted by molar-refractivity contribution is 6.31. The van der Waals surface area contributed by atoms with Crippen LogP contribution in [0.1, 0.15) is 36.2 Å². The molecule has 0 aliphatic rings. The van der Waals surface area contributed by atoms with Gasteiger partial charge in [0.15, 0.2) is 6.61 Å². The average molecular weight is 376 g/mol. The number of hydrogen-bond donors (Lipinski definition) is 1. The number of esters is 1. The summed E-state index contributed by atoms with van der Waals surface area (Å²) in [6.07, 6.45) is 0.619. The van der Waals surface area contributed by atoms with E-state index in [1.165, 1.54) is 0 Å². The molecule has 2 aromatic carbocycles. The predicted molar refractivity (Wildman–Crippen MR) is 102 cm³/mol. The minimum Gasteiger partial charge on any atom is -0.482 e. The van der Waals surface area contributed by atoms with Crippen molar-refractivity contribution >= 4 is 29.2 Å². The Labute approximate surface area is 158 Å². The first kappa shape index (κ1) is 19.8. The van der Waals surface area contributed by atoms with Crippen LogP contribution in [0.5, 0.6) is 5.75 Å². The van der Waals surface area contributed by atoms with Crippen molar-refractivity contribution in [1.29, 1.82) is 0 Å². The maximum absolute atomic E-state index is 12.3. The van der Waals surface area contributed by atoms with Gasteiger partial charge in [0.05, 0.1) is 6.10 Å². The third kappa shape index (κ3) is 5.49. The highest BCUT2D eigenvalue weighted by Gasteiger charge is 2.11. The number of benzene rings is 2. The van der Waals surface area contributed by atoms with E-state index in [2.05, 4.69) is 5.32 Å². The van der Waals surface area contributed by atoms with Crippen LogP contribution in [0.15, 0.2) is 42.5 Å². The lowest BCUT2D eigenvalue weighted by Crippen LogP contribution is -2.20. The molecule has 1 atom stereocenters. The SMILES string of the molecule is CC[C@H](C)OC(=O)COc1ccc(C(=O)Nc2cccc(Cl)c2C)cc1. The summed E-state index contributed by atoms with van der Waals surface area (Å²) in [5.74, 6) is -0.183. The van der Waals surface area contributed by atoms with Gasteiger partial charge in [-0.05, 0) is 62.2 Å². The number of hydrogen-bond acceptors (Lipinski definition) is 4. The number of amides is 1. The summed E-state index contributed by atoms with van der Waals surface area (Å²) in [4.78, 5) is 23.9. The summed E-state index contributed by atoms with van der Waals surface area (Å²) in [5, 5.41) is 3.42. The van der Waals surface area contributed by atoms with Crippen molar-refractivity contribution in [2.75, 3.05) is 11.9 Å². The molecule has 0 spiro atoms. The van der Waals surface area contributed by atoms with Gasteiger partial charge in [0.1, 0.15) is 5.75 Å². The van der Waals surface area contributed by atoms with Crippen molar-refractivity contribution in [1.82, 2.24) is 0 Å². The van der Waals surface area contributed by atoms with E-state index >= 15 is 0 Å². The Morgan fingerprint density at radius 1 is 1.15 bits per heavy atom. The van der Waals surface area contributed by atoms with Crippen LogP contribution in [0.25, 0.3) is 0 Å². The molecule has 0 heterocycles. The van der Waals surface area contributed by atoms with Crippen molar-refractivity contribution in [2.24, 2.45) is 0 Å². The number of halogens is 1. The Kier molecular flexibility index (Phi) is 7.04. The van der Waals surface area contributed by atoms with Crippen LogP contribution in [0.4, 0.5) is 5.69 Å². The van der Waals surface area contributed by atoms with Gasteiger partial charge in [0, 0.05) is 16.3 Å². The van der Waals surface area contributed by atoms with Crippen LogP contribution in [0.2, 0.25) is 5.02 Å². The van der Waals surface area contributed by atoms with Crippen LogP contribution in [-0.2, 0) is 9.53 Å². The first-order chi connectivity index (χ1) is 12.4. The number of carbonyl (C=O) groups is 2. The molecule has 0 bridgehead atoms. The molecule has 138 valence electrons. The smallest absolute Gasteiger partial charge is 0.344 e. The third-order valence-electron chi connectivity index (χ3n) is 3.90. The zero-order chi connectivity index (χ0) is 19.1. The highest BCUT2D eigenvalue weighted by Crippen LogP contribution is 2.23. The van der Waals surface area contributed by atoms with E-state index in [4.69, 9.17) is 21.1 Å². The maximum atomic E-state index is 12.3. The molecule has 0 aliphatic heterocycles. The molecule has 0 fully saturated rings. The number of nitrogens with one attached hydrogen (secondary N) is 1. The van der Waals surface area contributed by atoms with Crippen molar-refractivity contribution in [3.8, 4) is 5.75 Å². The molecule has 6 heteroatoms. The second-order valence-electron chi connectivity index (χ2n) is 5.89. The Morgan fingerprint density at radius 2 is 1.85 bits per heavy atom. The Hall–Kier alpha value is -2.53. The van der Waals surface area contributed by atoms with Crippen molar-refractivity contribution in [3.05, 3.63) is 58.6 Å². The standard InChI is InChI=1S/C20H22ClNO4/c1-4-13(2)26-19(23)12-25-16-10-8-15(9-11-16)20(24)22-18-7-5-6-17(21)14(18)3/h5-11,13H,4,12H2,1-3H3,(H,22,24)/t13-/m0/s1. The molecule has 0 saturated carbocycles. The van der Waals surface area contributed by atoms with Crippen LogP contribution >= 0.6 is 11.6 Å². The molecule has 1 N–H and O–H groups in total. The largest absolute Gasteiger partial charge is 0.482 e. The molecule has 0 unspecified atom stereocenters. The summed E-state index contributed by atoms with van der Waals surface area (Å²) in [5.41, 5.74) is 1.94. The second-order valence-corrected chi connectivity index (χ2v) is 6.30. The van der Waals surface area contributed by atoms with Crippen LogP contribution in [0, 0.1) is 6.92 Å². The van der Waals surface area contributed by atoms with Crippen molar-refractivity contribution in [2.45, 2.75) is 33.3 Å². The highest BCUT2D eigenvalue weighted by atomic mass is 35.5. The van der Waals surface area contributed by atoms with E-state index in [1.54, 1.807) is 42.5 Å². The molecular formula is C20H22ClNO4. The topological polar surface area (TPSA) is 64.6 Å². The number of carbonyl (C=O) groups excluding carboxylic acids is 2. The fraction of sp³-hybridized carbons (Fsp3) is 0.300. The lowest BCUT2D eigenvalue weighted by atomic mass is 10.1. The molecule has 0 radical (unpaired) electrons. The molecule has 2 aromatic rings. The molecule has 0 aromatic heterocycles. The van der Waals surface area contributed by atoms with E-state index < -0.39 is 5.97 Å². The number of anilines is 1. The van der Waals surface area contributed by atoms with Crippen LogP contribution < -0.4 is 10.1 Å². The Bertz CT molecular complexity index is 774. The van der Waals surface area contributed by atoms with Crippen LogP contribution in [0.3, 0.4) is 0 Å². The van der Waals surface area contributed by atoms with Gasteiger partial charge < -0.3 is 14.8 Å². The van der Waals surface area contributed by atoms with E-state index in [-0.39, 0.29) is 18.6 Å². The average Bonchev–Trinajstić information content (AvgIpc) is 2.64. The number of ether oxygens (including phenoxy) is 2. The molecule has 2 rings (SSSR count). The predicted octanol–water partition coefficient (Wildman–Crippen LogP) is 4.62. The molecule has 26 heavy (non-hydrogen) atoms. The monoisotopic (exact) mass is 375 g/mol.